The Hall–Kier alpha value is -0.900. The Morgan fingerprint density at radius 1 is 1.57 bits per heavy atom. The lowest BCUT2D eigenvalue weighted by Gasteiger charge is -2.03. The second-order valence-electron chi connectivity index (χ2n) is 2.89. The second-order valence-corrected chi connectivity index (χ2v) is 3.64. The zero-order valence-corrected chi connectivity index (χ0v) is 9.80. The minimum atomic E-state index is -0.240. The molecule has 0 unspecified atom stereocenters. The lowest BCUT2D eigenvalue weighted by molar-refractivity contribution is -0.142. The minimum absolute atomic E-state index is 0.229. The fraction of sp³-hybridized carbons (Fsp3) is 0.400. The van der Waals surface area contributed by atoms with Crippen LogP contribution in [-0.4, -0.2) is 17.6 Å². The number of nitrogens with zero attached hydrogens (tertiary/aromatic N) is 1. The molecule has 0 spiro atoms. The first-order valence-electron chi connectivity index (χ1n) is 4.41. The highest BCUT2D eigenvalue weighted by Crippen LogP contribution is 2.13. The molecule has 0 radical (unpaired) electrons. The SMILES string of the molecule is CCOC(=O)Cc1ccc(C)c(Br)n1. The van der Waals surface area contributed by atoms with Gasteiger partial charge >= 0.3 is 5.97 Å². The van der Waals surface area contributed by atoms with Gasteiger partial charge in [-0.05, 0) is 41.4 Å². The third-order valence-corrected chi connectivity index (χ3v) is 2.53. The normalized spacial score (nSPS) is 9.93. The number of halogens is 1. The van der Waals surface area contributed by atoms with Crippen molar-refractivity contribution in [2.45, 2.75) is 20.3 Å². The summed E-state index contributed by atoms with van der Waals surface area (Å²) in [5, 5.41) is 0. The van der Waals surface area contributed by atoms with Crippen LogP contribution in [0.2, 0.25) is 0 Å². The molecule has 1 rings (SSSR count). The van der Waals surface area contributed by atoms with Gasteiger partial charge in [-0.2, -0.15) is 0 Å². The molecule has 0 aromatic carbocycles. The first-order chi connectivity index (χ1) is 6.63. The number of aromatic nitrogens is 1. The maximum absolute atomic E-state index is 11.1. The van der Waals surface area contributed by atoms with Crippen LogP contribution in [0.5, 0.6) is 0 Å². The van der Waals surface area contributed by atoms with Gasteiger partial charge in [-0.3, -0.25) is 4.79 Å². The van der Waals surface area contributed by atoms with Crippen molar-refractivity contribution in [3.63, 3.8) is 0 Å². The van der Waals surface area contributed by atoms with E-state index in [0.717, 1.165) is 15.9 Å². The van der Waals surface area contributed by atoms with Crippen LogP contribution in [-0.2, 0) is 16.0 Å². The van der Waals surface area contributed by atoms with Gasteiger partial charge in [0.05, 0.1) is 18.7 Å². The summed E-state index contributed by atoms with van der Waals surface area (Å²) in [6.45, 7) is 4.15. The fourth-order valence-corrected chi connectivity index (χ4v) is 1.36. The molecule has 1 aromatic heterocycles. The molecule has 76 valence electrons. The monoisotopic (exact) mass is 257 g/mol. The Morgan fingerprint density at radius 3 is 2.86 bits per heavy atom. The Balaban J connectivity index is 2.68. The lowest BCUT2D eigenvalue weighted by atomic mass is 10.2. The summed E-state index contributed by atoms with van der Waals surface area (Å²) in [6.07, 6.45) is 0.229. The van der Waals surface area contributed by atoms with Crippen molar-refractivity contribution in [1.82, 2.24) is 4.98 Å². The van der Waals surface area contributed by atoms with Crippen LogP contribution >= 0.6 is 15.9 Å². The number of carbonyl (C=O) groups excluding carboxylic acids is 1. The van der Waals surface area contributed by atoms with Crippen LogP contribution in [0.4, 0.5) is 0 Å². The molecule has 4 heteroatoms. The Kier molecular flexibility index (Phi) is 4.07. The molecular formula is C10H12BrNO2. The van der Waals surface area contributed by atoms with Crippen molar-refractivity contribution >= 4 is 21.9 Å². The summed E-state index contributed by atoms with van der Waals surface area (Å²) in [7, 11) is 0. The summed E-state index contributed by atoms with van der Waals surface area (Å²) in [4.78, 5) is 15.3. The molecule has 0 saturated heterocycles. The molecule has 0 fully saturated rings. The topological polar surface area (TPSA) is 39.2 Å². The quantitative estimate of drug-likeness (QED) is 0.616. The van der Waals surface area contributed by atoms with Crippen molar-refractivity contribution in [1.29, 1.82) is 0 Å². The molecule has 0 amide bonds. The number of ether oxygens (including phenoxy) is 1. The van der Waals surface area contributed by atoms with E-state index in [4.69, 9.17) is 4.74 Å². The van der Waals surface area contributed by atoms with Crippen molar-refractivity contribution in [2.24, 2.45) is 0 Å². The van der Waals surface area contributed by atoms with E-state index in [0.29, 0.717) is 6.61 Å². The summed E-state index contributed by atoms with van der Waals surface area (Å²) in [5.41, 5.74) is 1.78. The molecule has 0 aliphatic rings. The van der Waals surface area contributed by atoms with E-state index in [9.17, 15) is 4.79 Å². The van der Waals surface area contributed by atoms with Gasteiger partial charge in [0.25, 0.3) is 0 Å². The smallest absolute Gasteiger partial charge is 0.311 e. The summed E-state index contributed by atoms with van der Waals surface area (Å²) >= 11 is 3.31. The molecule has 0 aliphatic heterocycles. The summed E-state index contributed by atoms with van der Waals surface area (Å²) < 4.78 is 5.60. The van der Waals surface area contributed by atoms with Gasteiger partial charge in [0, 0.05) is 0 Å². The highest BCUT2D eigenvalue weighted by Gasteiger charge is 2.06. The first kappa shape index (κ1) is 11.2. The number of aryl methyl sites for hydroxylation is 1. The van der Waals surface area contributed by atoms with E-state index in [2.05, 4.69) is 20.9 Å². The van der Waals surface area contributed by atoms with E-state index in [-0.39, 0.29) is 12.4 Å². The van der Waals surface area contributed by atoms with Crippen molar-refractivity contribution in [3.05, 3.63) is 28.0 Å². The van der Waals surface area contributed by atoms with Crippen LogP contribution in [0.15, 0.2) is 16.7 Å². The van der Waals surface area contributed by atoms with Gasteiger partial charge in [-0.15, -0.1) is 0 Å². The van der Waals surface area contributed by atoms with Crippen LogP contribution in [0.25, 0.3) is 0 Å². The molecule has 0 atom stereocenters. The maximum atomic E-state index is 11.1. The van der Waals surface area contributed by atoms with Gasteiger partial charge in [0.1, 0.15) is 4.60 Å². The number of pyridine rings is 1. The third kappa shape index (κ3) is 3.10. The molecular weight excluding hydrogens is 246 g/mol. The molecule has 0 saturated carbocycles. The predicted molar refractivity (Wildman–Crippen MR) is 57.0 cm³/mol. The standard InChI is InChI=1S/C10H12BrNO2/c1-3-14-9(13)6-8-5-4-7(2)10(11)12-8/h4-5H,3,6H2,1-2H3. The number of hydrogen-bond acceptors (Lipinski definition) is 3. The van der Waals surface area contributed by atoms with Gasteiger partial charge in [-0.1, -0.05) is 6.07 Å². The first-order valence-corrected chi connectivity index (χ1v) is 5.20. The third-order valence-electron chi connectivity index (χ3n) is 1.72. The lowest BCUT2D eigenvalue weighted by Crippen LogP contribution is -2.08. The molecule has 3 nitrogen and oxygen atoms in total. The van der Waals surface area contributed by atoms with E-state index >= 15 is 0 Å². The summed E-state index contributed by atoms with van der Waals surface area (Å²) in [5.74, 6) is -0.240. The van der Waals surface area contributed by atoms with Gasteiger partial charge in [-0.25, -0.2) is 4.98 Å². The van der Waals surface area contributed by atoms with E-state index in [1.165, 1.54) is 0 Å². The van der Waals surface area contributed by atoms with E-state index < -0.39 is 0 Å². The molecule has 1 aromatic rings. The molecule has 14 heavy (non-hydrogen) atoms. The Labute approximate surface area is 91.6 Å². The van der Waals surface area contributed by atoms with Crippen molar-refractivity contribution < 1.29 is 9.53 Å². The zero-order valence-electron chi connectivity index (χ0n) is 8.21. The van der Waals surface area contributed by atoms with Crippen LogP contribution in [0.3, 0.4) is 0 Å². The number of esters is 1. The number of carbonyl (C=O) groups is 1. The van der Waals surface area contributed by atoms with Crippen LogP contribution < -0.4 is 0 Å². The molecule has 0 aliphatic carbocycles. The van der Waals surface area contributed by atoms with Crippen LogP contribution in [0.1, 0.15) is 18.2 Å². The minimum Gasteiger partial charge on any atom is -0.466 e. The largest absolute Gasteiger partial charge is 0.466 e. The average Bonchev–Trinajstić information content (AvgIpc) is 2.12. The number of rotatable bonds is 3. The molecule has 1 heterocycles. The van der Waals surface area contributed by atoms with Crippen molar-refractivity contribution in [3.8, 4) is 0 Å². The fourth-order valence-electron chi connectivity index (χ4n) is 1.000. The Bertz CT molecular complexity index is 339. The predicted octanol–water partition coefficient (Wildman–Crippen LogP) is 2.26. The second kappa shape index (κ2) is 5.10. The summed E-state index contributed by atoms with van der Waals surface area (Å²) in [6, 6.07) is 3.75. The average molecular weight is 258 g/mol. The maximum Gasteiger partial charge on any atom is 0.311 e. The molecule has 0 N–H and O–H groups in total. The highest BCUT2D eigenvalue weighted by atomic mass is 79.9. The highest BCUT2D eigenvalue weighted by molar-refractivity contribution is 9.10. The van der Waals surface area contributed by atoms with Crippen LogP contribution in [0, 0.1) is 6.92 Å². The van der Waals surface area contributed by atoms with E-state index in [1.807, 2.05) is 19.1 Å². The zero-order chi connectivity index (χ0) is 10.6. The van der Waals surface area contributed by atoms with Crippen molar-refractivity contribution in [2.75, 3.05) is 6.61 Å². The number of hydrogen-bond donors (Lipinski definition) is 0. The van der Waals surface area contributed by atoms with Gasteiger partial charge in [0.2, 0.25) is 0 Å². The molecule has 0 bridgehead atoms. The Morgan fingerprint density at radius 2 is 2.29 bits per heavy atom. The van der Waals surface area contributed by atoms with E-state index in [1.54, 1.807) is 6.92 Å². The van der Waals surface area contributed by atoms with Gasteiger partial charge < -0.3 is 4.74 Å². The van der Waals surface area contributed by atoms with Gasteiger partial charge in [0.15, 0.2) is 0 Å².